The zero-order chi connectivity index (χ0) is 24.0. The van der Waals surface area contributed by atoms with Gasteiger partial charge < -0.3 is 10.5 Å². The number of ether oxygens (including phenoxy) is 1. The SMILES string of the molecule is Nc1c(NNC(=O)C(c2ccccc2)c2ccccc2)ncnc1Oc1ccc2ccccc2c1. The third-order valence-corrected chi connectivity index (χ3v) is 5.61. The van der Waals surface area contributed by atoms with E-state index in [1.807, 2.05) is 103 Å². The fourth-order valence-corrected chi connectivity index (χ4v) is 3.88. The van der Waals surface area contributed by atoms with Crippen molar-refractivity contribution < 1.29 is 9.53 Å². The first kappa shape index (κ1) is 21.9. The fraction of sp³-hybridized carbons (Fsp3) is 0.0357. The molecule has 0 aliphatic carbocycles. The summed E-state index contributed by atoms with van der Waals surface area (Å²) in [6, 6.07) is 32.9. The number of hydrogen-bond donors (Lipinski definition) is 3. The molecule has 0 bridgehead atoms. The summed E-state index contributed by atoms with van der Waals surface area (Å²) >= 11 is 0. The number of nitrogen functional groups attached to an aromatic ring is 1. The molecule has 5 aromatic rings. The van der Waals surface area contributed by atoms with Crippen LogP contribution in [-0.2, 0) is 4.79 Å². The van der Waals surface area contributed by atoms with Crippen LogP contribution in [0.1, 0.15) is 17.0 Å². The molecule has 0 atom stereocenters. The first-order valence-corrected chi connectivity index (χ1v) is 11.1. The summed E-state index contributed by atoms with van der Waals surface area (Å²) < 4.78 is 5.92. The minimum atomic E-state index is -0.513. The van der Waals surface area contributed by atoms with Gasteiger partial charge in [-0.1, -0.05) is 91.0 Å². The van der Waals surface area contributed by atoms with Crippen molar-refractivity contribution in [1.29, 1.82) is 0 Å². The number of rotatable bonds is 7. The number of nitrogens with one attached hydrogen (secondary N) is 2. The van der Waals surface area contributed by atoms with Crippen LogP contribution in [0, 0.1) is 0 Å². The van der Waals surface area contributed by atoms with Gasteiger partial charge in [-0.3, -0.25) is 15.6 Å². The molecule has 1 heterocycles. The number of carbonyl (C=O) groups is 1. The Morgan fingerprint density at radius 3 is 2.09 bits per heavy atom. The van der Waals surface area contributed by atoms with Crippen LogP contribution in [-0.4, -0.2) is 15.9 Å². The van der Waals surface area contributed by atoms with E-state index in [0.29, 0.717) is 5.75 Å². The van der Waals surface area contributed by atoms with E-state index in [0.717, 1.165) is 21.9 Å². The van der Waals surface area contributed by atoms with E-state index in [-0.39, 0.29) is 23.3 Å². The number of benzene rings is 4. The van der Waals surface area contributed by atoms with Gasteiger partial charge in [0.2, 0.25) is 11.8 Å². The summed E-state index contributed by atoms with van der Waals surface area (Å²) in [5.74, 6) is 0.259. The number of hydrogen-bond acceptors (Lipinski definition) is 6. The lowest BCUT2D eigenvalue weighted by molar-refractivity contribution is -0.121. The van der Waals surface area contributed by atoms with Gasteiger partial charge in [-0.25, -0.2) is 4.98 Å². The Balaban J connectivity index is 1.34. The lowest BCUT2D eigenvalue weighted by Crippen LogP contribution is -2.35. The van der Waals surface area contributed by atoms with E-state index in [9.17, 15) is 4.79 Å². The van der Waals surface area contributed by atoms with E-state index in [1.54, 1.807) is 0 Å². The molecular formula is C28H23N5O2. The number of anilines is 2. The smallest absolute Gasteiger partial charge is 0.250 e. The summed E-state index contributed by atoms with van der Waals surface area (Å²) in [4.78, 5) is 21.6. The van der Waals surface area contributed by atoms with Crippen LogP contribution in [0.4, 0.5) is 11.5 Å². The van der Waals surface area contributed by atoms with Gasteiger partial charge in [-0.05, 0) is 34.0 Å². The van der Waals surface area contributed by atoms with E-state index in [1.165, 1.54) is 6.33 Å². The van der Waals surface area contributed by atoms with Gasteiger partial charge >= 0.3 is 0 Å². The molecule has 0 fully saturated rings. The summed E-state index contributed by atoms with van der Waals surface area (Å²) in [5.41, 5.74) is 13.8. The van der Waals surface area contributed by atoms with Gasteiger partial charge in [0, 0.05) is 0 Å². The average Bonchev–Trinajstić information content (AvgIpc) is 2.90. The van der Waals surface area contributed by atoms with Gasteiger partial charge in [0.15, 0.2) is 5.82 Å². The molecule has 7 nitrogen and oxygen atoms in total. The second kappa shape index (κ2) is 9.93. The van der Waals surface area contributed by atoms with Crippen LogP contribution in [0.2, 0.25) is 0 Å². The molecule has 1 aromatic heterocycles. The minimum absolute atomic E-state index is 0.178. The van der Waals surface area contributed by atoms with E-state index in [4.69, 9.17) is 10.5 Å². The Bertz CT molecular complexity index is 1420. The lowest BCUT2D eigenvalue weighted by atomic mass is 9.91. The first-order valence-electron chi connectivity index (χ1n) is 11.1. The van der Waals surface area contributed by atoms with Gasteiger partial charge in [0.25, 0.3) is 0 Å². The highest BCUT2D eigenvalue weighted by atomic mass is 16.5. The fourth-order valence-electron chi connectivity index (χ4n) is 3.88. The Morgan fingerprint density at radius 2 is 1.40 bits per heavy atom. The van der Waals surface area contributed by atoms with Gasteiger partial charge in [-0.15, -0.1) is 0 Å². The molecule has 0 saturated heterocycles. The quantitative estimate of drug-likeness (QED) is 0.285. The monoisotopic (exact) mass is 461 g/mol. The number of nitrogens with two attached hydrogens (primary N) is 1. The molecule has 5 rings (SSSR count). The average molecular weight is 462 g/mol. The summed E-state index contributed by atoms with van der Waals surface area (Å²) in [5, 5.41) is 2.14. The molecule has 0 unspecified atom stereocenters. The zero-order valence-electron chi connectivity index (χ0n) is 18.8. The van der Waals surface area contributed by atoms with Crippen LogP contribution in [0.15, 0.2) is 109 Å². The van der Waals surface area contributed by atoms with Crippen LogP contribution in [0.25, 0.3) is 10.8 Å². The van der Waals surface area contributed by atoms with Gasteiger partial charge in [0.05, 0.1) is 5.92 Å². The van der Waals surface area contributed by atoms with E-state index >= 15 is 0 Å². The van der Waals surface area contributed by atoms with Crippen molar-refractivity contribution in [3.8, 4) is 11.6 Å². The highest BCUT2D eigenvalue weighted by Gasteiger charge is 2.23. The molecule has 4 aromatic carbocycles. The van der Waals surface area contributed by atoms with Gasteiger partial charge in [-0.2, -0.15) is 4.98 Å². The van der Waals surface area contributed by atoms with Crippen molar-refractivity contribution >= 4 is 28.2 Å². The summed E-state index contributed by atoms with van der Waals surface area (Å²) in [7, 11) is 0. The van der Waals surface area contributed by atoms with Crippen molar-refractivity contribution in [3.05, 3.63) is 121 Å². The normalized spacial score (nSPS) is 10.8. The standard InChI is InChI=1S/C28H23N5O2/c29-25-26(30-18-31-28(25)35-23-16-15-19-9-7-8-14-22(19)17-23)32-33-27(34)24(20-10-3-1-4-11-20)21-12-5-2-6-13-21/h1-18,24H,29H2,(H,33,34)(H,30,31,32). The molecular weight excluding hydrogens is 438 g/mol. The molecule has 1 amide bonds. The third-order valence-electron chi connectivity index (χ3n) is 5.61. The molecule has 0 aliphatic rings. The zero-order valence-corrected chi connectivity index (χ0v) is 18.8. The van der Waals surface area contributed by atoms with Gasteiger partial charge in [0.1, 0.15) is 17.8 Å². The van der Waals surface area contributed by atoms with Crippen molar-refractivity contribution in [2.24, 2.45) is 0 Å². The van der Waals surface area contributed by atoms with Crippen molar-refractivity contribution in [2.75, 3.05) is 11.2 Å². The lowest BCUT2D eigenvalue weighted by Gasteiger charge is -2.19. The minimum Gasteiger partial charge on any atom is -0.437 e. The second-order valence-electron chi connectivity index (χ2n) is 7.92. The predicted octanol–water partition coefficient (Wildman–Crippen LogP) is 5.28. The summed E-state index contributed by atoms with van der Waals surface area (Å²) in [6.07, 6.45) is 1.33. The van der Waals surface area contributed by atoms with Crippen molar-refractivity contribution in [2.45, 2.75) is 5.92 Å². The Morgan fingerprint density at radius 1 is 0.771 bits per heavy atom. The number of carbonyl (C=O) groups excluding carboxylic acids is 1. The number of hydrazine groups is 1. The maximum Gasteiger partial charge on any atom is 0.250 e. The van der Waals surface area contributed by atoms with Crippen LogP contribution < -0.4 is 21.3 Å². The van der Waals surface area contributed by atoms with Crippen molar-refractivity contribution in [3.63, 3.8) is 0 Å². The molecule has 7 heteroatoms. The van der Waals surface area contributed by atoms with Crippen LogP contribution in [0.3, 0.4) is 0 Å². The maximum atomic E-state index is 13.2. The number of nitrogens with zero attached hydrogens (tertiary/aromatic N) is 2. The molecule has 0 spiro atoms. The molecule has 0 radical (unpaired) electrons. The first-order chi connectivity index (χ1) is 17.2. The third kappa shape index (κ3) is 4.89. The van der Waals surface area contributed by atoms with Crippen LogP contribution >= 0.6 is 0 Å². The maximum absolute atomic E-state index is 13.2. The predicted molar refractivity (Wildman–Crippen MR) is 137 cm³/mol. The molecule has 172 valence electrons. The number of aromatic nitrogens is 2. The highest BCUT2D eigenvalue weighted by Crippen LogP contribution is 2.31. The van der Waals surface area contributed by atoms with Crippen LogP contribution in [0.5, 0.6) is 11.6 Å². The largest absolute Gasteiger partial charge is 0.437 e. The van der Waals surface area contributed by atoms with Crippen molar-refractivity contribution in [1.82, 2.24) is 15.4 Å². The second-order valence-corrected chi connectivity index (χ2v) is 7.92. The topological polar surface area (TPSA) is 102 Å². The summed E-state index contributed by atoms with van der Waals surface area (Å²) in [6.45, 7) is 0. The Labute approximate surface area is 202 Å². The Kier molecular flexibility index (Phi) is 6.21. The molecule has 35 heavy (non-hydrogen) atoms. The molecule has 4 N–H and O–H groups in total. The number of amides is 1. The Hall–Kier alpha value is -4.91. The molecule has 0 aliphatic heterocycles. The molecule has 0 saturated carbocycles. The highest BCUT2D eigenvalue weighted by molar-refractivity contribution is 5.88. The van der Waals surface area contributed by atoms with E-state index < -0.39 is 5.92 Å². The number of fused-ring (bicyclic) bond motifs is 1. The van der Waals surface area contributed by atoms with E-state index in [2.05, 4.69) is 20.8 Å².